The molecule has 0 aromatic carbocycles. The molecule has 1 aromatic rings. The summed E-state index contributed by atoms with van der Waals surface area (Å²) >= 11 is 0. The molecule has 1 atom stereocenters. The molecule has 0 radical (unpaired) electrons. The van der Waals surface area contributed by atoms with Gasteiger partial charge in [0.2, 0.25) is 5.91 Å². The van der Waals surface area contributed by atoms with Gasteiger partial charge in [-0.1, -0.05) is 0 Å². The van der Waals surface area contributed by atoms with Crippen LogP contribution in [0.3, 0.4) is 0 Å². The number of ether oxygens (including phenoxy) is 2. The van der Waals surface area contributed by atoms with Gasteiger partial charge in [0.05, 0.1) is 32.1 Å². The highest BCUT2D eigenvalue weighted by Gasteiger charge is 2.29. The molecule has 0 bridgehead atoms. The van der Waals surface area contributed by atoms with Crippen LogP contribution in [-0.4, -0.2) is 49.3 Å². The van der Waals surface area contributed by atoms with E-state index in [1.165, 1.54) is 0 Å². The molecule has 0 saturated carbocycles. The lowest BCUT2D eigenvalue weighted by atomic mass is 10.1. The first-order valence-electron chi connectivity index (χ1n) is 7.11. The molecule has 20 heavy (non-hydrogen) atoms. The minimum absolute atomic E-state index is 0.117. The Hall–Kier alpha value is -1.40. The second-order valence-electron chi connectivity index (χ2n) is 5.29. The lowest BCUT2D eigenvalue weighted by Gasteiger charge is -2.25. The molecular weight excluding hydrogens is 260 g/mol. The van der Waals surface area contributed by atoms with E-state index in [0.29, 0.717) is 32.7 Å². The van der Waals surface area contributed by atoms with Crippen LogP contribution in [0, 0.1) is 0 Å². The summed E-state index contributed by atoms with van der Waals surface area (Å²) in [4.78, 5) is 18.4. The van der Waals surface area contributed by atoms with Gasteiger partial charge in [-0.3, -0.25) is 4.79 Å². The zero-order valence-corrected chi connectivity index (χ0v) is 11.8. The average molecular weight is 280 g/mol. The first-order valence-corrected chi connectivity index (χ1v) is 7.11. The van der Waals surface area contributed by atoms with Crippen LogP contribution in [0.4, 0.5) is 0 Å². The fourth-order valence-corrected chi connectivity index (χ4v) is 2.68. The molecule has 0 N–H and O–H groups in total. The number of methoxy groups -OCH3 is 1. The van der Waals surface area contributed by atoms with Crippen molar-refractivity contribution in [2.45, 2.75) is 31.7 Å². The largest absolute Gasteiger partial charge is 0.445 e. The summed E-state index contributed by atoms with van der Waals surface area (Å²) in [6.07, 6.45) is 2.14. The number of hydrogen-bond donors (Lipinski definition) is 0. The molecule has 1 amide bonds. The Kier molecular flexibility index (Phi) is 4.03. The van der Waals surface area contributed by atoms with Crippen LogP contribution in [0.15, 0.2) is 4.42 Å². The molecule has 0 aliphatic carbocycles. The number of hydrogen-bond acceptors (Lipinski definition) is 5. The Balaban J connectivity index is 1.66. The van der Waals surface area contributed by atoms with Gasteiger partial charge in [0.15, 0.2) is 5.89 Å². The fourth-order valence-electron chi connectivity index (χ4n) is 2.68. The highest BCUT2D eigenvalue weighted by Crippen LogP contribution is 2.28. The van der Waals surface area contributed by atoms with Gasteiger partial charge in [-0.05, 0) is 6.42 Å². The van der Waals surface area contributed by atoms with Gasteiger partial charge < -0.3 is 18.8 Å². The quantitative estimate of drug-likeness (QED) is 0.826. The molecular formula is C14H20N2O4. The Labute approximate surface area is 118 Å². The third kappa shape index (κ3) is 2.71. The molecule has 6 nitrogen and oxygen atoms in total. The Morgan fingerprint density at radius 2 is 2.45 bits per heavy atom. The maximum atomic E-state index is 12.0. The monoisotopic (exact) mass is 280 g/mol. The van der Waals surface area contributed by atoms with E-state index < -0.39 is 0 Å². The van der Waals surface area contributed by atoms with Crippen molar-refractivity contribution < 1.29 is 18.7 Å². The summed E-state index contributed by atoms with van der Waals surface area (Å²) in [7, 11) is 1.61. The Morgan fingerprint density at radius 1 is 1.55 bits per heavy atom. The molecule has 2 aliphatic heterocycles. The highest BCUT2D eigenvalue weighted by atomic mass is 16.5. The molecule has 1 fully saturated rings. The second-order valence-corrected chi connectivity index (χ2v) is 5.29. The molecule has 1 unspecified atom stereocenters. The first-order chi connectivity index (χ1) is 9.78. The van der Waals surface area contributed by atoms with Gasteiger partial charge in [-0.2, -0.15) is 0 Å². The summed E-state index contributed by atoms with van der Waals surface area (Å²) in [5, 5.41) is 0. The van der Waals surface area contributed by atoms with E-state index >= 15 is 0 Å². The number of amides is 1. The van der Waals surface area contributed by atoms with E-state index in [0.717, 1.165) is 36.8 Å². The number of rotatable bonds is 4. The van der Waals surface area contributed by atoms with Gasteiger partial charge in [0.1, 0.15) is 11.5 Å². The van der Waals surface area contributed by atoms with E-state index in [1.807, 2.05) is 4.90 Å². The smallest absolute Gasteiger partial charge is 0.225 e. The number of oxazole rings is 1. The summed E-state index contributed by atoms with van der Waals surface area (Å²) < 4.78 is 16.2. The summed E-state index contributed by atoms with van der Waals surface area (Å²) in [6.45, 7) is 3.18. The van der Waals surface area contributed by atoms with Gasteiger partial charge in [0.25, 0.3) is 0 Å². The van der Waals surface area contributed by atoms with Gasteiger partial charge in [-0.15, -0.1) is 0 Å². The third-order valence-corrected chi connectivity index (χ3v) is 3.90. The molecule has 3 rings (SSSR count). The van der Waals surface area contributed by atoms with Gasteiger partial charge in [-0.25, -0.2) is 4.98 Å². The van der Waals surface area contributed by atoms with Crippen LogP contribution >= 0.6 is 0 Å². The van der Waals surface area contributed by atoms with Crippen molar-refractivity contribution in [2.75, 3.05) is 33.5 Å². The van der Waals surface area contributed by atoms with E-state index in [4.69, 9.17) is 13.9 Å². The number of carbonyl (C=O) groups excluding carboxylic acids is 1. The number of fused-ring (bicyclic) bond motifs is 1. The normalized spacial score (nSPS) is 22.1. The van der Waals surface area contributed by atoms with Gasteiger partial charge in [0, 0.05) is 26.7 Å². The third-order valence-electron chi connectivity index (χ3n) is 3.90. The van der Waals surface area contributed by atoms with Crippen LogP contribution in [0.2, 0.25) is 0 Å². The molecule has 6 heteroatoms. The first kappa shape index (κ1) is 13.6. The van der Waals surface area contributed by atoms with E-state index in [-0.39, 0.29) is 11.8 Å². The van der Waals surface area contributed by atoms with Crippen molar-refractivity contribution in [3.63, 3.8) is 0 Å². The molecule has 3 heterocycles. The fraction of sp³-hybridized carbons (Fsp3) is 0.714. The van der Waals surface area contributed by atoms with Crippen molar-refractivity contribution in [3.8, 4) is 0 Å². The predicted molar refractivity (Wildman–Crippen MR) is 70.3 cm³/mol. The maximum absolute atomic E-state index is 12.0. The van der Waals surface area contributed by atoms with Crippen molar-refractivity contribution in [1.82, 2.24) is 9.88 Å². The van der Waals surface area contributed by atoms with Crippen molar-refractivity contribution >= 4 is 5.91 Å². The van der Waals surface area contributed by atoms with Crippen molar-refractivity contribution in [2.24, 2.45) is 0 Å². The molecule has 1 saturated heterocycles. The molecule has 2 aliphatic rings. The Bertz CT molecular complexity index is 480. The number of carbonyl (C=O) groups is 1. The standard InChI is InChI=1S/C14H20N2O4/c1-18-6-4-13(17)16-5-2-12-11(8-16)15-14(20-12)10-3-7-19-9-10/h10H,2-9H2,1H3. The zero-order chi connectivity index (χ0) is 13.9. The van der Waals surface area contributed by atoms with Gasteiger partial charge >= 0.3 is 0 Å². The van der Waals surface area contributed by atoms with E-state index in [9.17, 15) is 4.79 Å². The van der Waals surface area contributed by atoms with Crippen LogP contribution in [0.1, 0.15) is 36.1 Å². The Morgan fingerprint density at radius 3 is 3.20 bits per heavy atom. The maximum Gasteiger partial charge on any atom is 0.225 e. The SMILES string of the molecule is COCCC(=O)N1CCc2oc(C3CCOC3)nc2C1. The minimum atomic E-state index is 0.117. The molecule has 0 spiro atoms. The average Bonchev–Trinajstić information content (AvgIpc) is 3.11. The second kappa shape index (κ2) is 5.93. The lowest BCUT2D eigenvalue weighted by Crippen LogP contribution is -2.36. The summed E-state index contributed by atoms with van der Waals surface area (Å²) in [5.41, 5.74) is 0.906. The van der Waals surface area contributed by atoms with Crippen LogP contribution in [0.5, 0.6) is 0 Å². The lowest BCUT2D eigenvalue weighted by molar-refractivity contribution is -0.133. The van der Waals surface area contributed by atoms with Crippen molar-refractivity contribution in [1.29, 1.82) is 0 Å². The minimum Gasteiger partial charge on any atom is -0.445 e. The van der Waals surface area contributed by atoms with Crippen molar-refractivity contribution in [3.05, 3.63) is 17.3 Å². The highest BCUT2D eigenvalue weighted by molar-refractivity contribution is 5.76. The van der Waals surface area contributed by atoms with Crippen LogP contribution in [0.25, 0.3) is 0 Å². The summed E-state index contributed by atoms with van der Waals surface area (Å²) in [5.74, 6) is 2.10. The van der Waals surface area contributed by atoms with E-state index in [2.05, 4.69) is 4.98 Å². The summed E-state index contributed by atoms with van der Waals surface area (Å²) in [6, 6.07) is 0. The zero-order valence-electron chi connectivity index (χ0n) is 11.8. The molecule has 1 aromatic heterocycles. The van der Waals surface area contributed by atoms with Crippen LogP contribution in [-0.2, 0) is 27.2 Å². The topological polar surface area (TPSA) is 64.8 Å². The molecule has 110 valence electrons. The number of nitrogens with zero attached hydrogens (tertiary/aromatic N) is 2. The number of aromatic nitrogens is 1. The predicted octanol–water partition coefficient (Wildman–Crippen LogP) is 1.10. The van der Waals surface area contributed by atoms with E-state index in [1.54, 1.807) is 7.11 Å². The van der Waals surface area contributed by atoms with Crippen LogP contribution < -0.4 is 0 Å².